The molecule has 0 saturated heterocycles. The maximum absolute atomic E-state index is 11.9. The van der Waals surface area contributed by atoms with E-state index < -0.39 is 0 Å². The van der Waals surface area contributed by atoms with E-state index in [1.165, 1.54) is 11.8 Å². The van der Waals surface area contributed by atoms with E-state index in [2.05, 4.69) is 15.3 Å². The standard InChI is InChI=1S/C14H15N3O2S/c1-2-19-14-12(4-3-7-16-14)17-13(18)10-20-11-5-8-15-9-6-11/h3-9H,2,10H2,1H3,(H,17,18). The molecule has 5 nitrogen and oxygen atoms in total. The molecule has 0 bridgehead atoms. The minimum atomic E-state index is -0.0965. The first-order valence-corrected chi connectivity index (χ1v) is 7.18. The van der Waals surface area contributed by atoms with Crippen molar-refractivity contribution in [3.63, 3.8) is 0 Å². The zero-order valence-electron chi connectivity index (χ0n) is 11.1. The molecule has 2 rings (SSSR count). The summed E-state index contributed by atoms with van der Waals surface area (Å²) in [5, 5.41) is 2.80. The summed E-state index contributed by atoms with van der Waals surface area (Å²) in [6.45, 7) is 2.38. The highest BCUT2D eigenvalue weighted by Gasteiger charge is 2.08. The highest BCUT2D eigenvalue weighted by atomic mass is 32.2. The fraction of sp³-hybridized carbons (Fsp3) is 0.214. The van der Waals surface area contributed by atoms with Gasteiger partial charge in [-0.3, -0.25) is 9.78 Å². The molecule has 20 heavy (non-hydrogen) atoms. The van der Waals surface area contributed by atoms with Crippen molar-refractivity contribution in [3.8, 4) is 5.88 Å². The summed E-state index contributed by atoms with van der Waals surface area (Å²) in [4.78, 5) is 20.9. The number of hydrogen-bond acceptors (Lipinski definition) is 5. The third-order valence-electron chi connectivity index (χ3n) is 2.35. The van der Waals surface area contributed by atoms with E-state index in [0.29, 0.717) is 23.9 Å². The average Bonchev–Trinajstić information content (AvgIpc) is 2.49. The first kappa shape index (κ1) is 14.3. The van der Waals surface area contributed by atoms with Crippen molar-refractivity contribution < 1.29 is 9.53 Å². The Morgan fingerprint density at radius 1 is 1.30 bits per heavy atom. The van der Waals surface area contributed by atoms with Gasteiger partial charge in [-0.2, -0.15) is 0 Å². The summed E-state index contributed by atoms with van der Waals surface area (Å²) in [6.07, 6.45) is 5.04. The second kappa shape index (κ2) is 7.49. The Morgan fingerprint density at radius 3 is 2.85 bits per heavy atom. The van der Waals surface area contributed by atoms with Crippen molar-refractivity contribution in [3.05, 3.63) is 42.9 Å². The van der Waals surface area contributed by atoms with Gasteiger partial charge in [0.15, 0.2) is 0 Å². The highest BCUT2D eigenvalue weighted by molar-refractivity contribution is 8.00. The number of nitrogens with zero attached hydrogens (tertiary/aromatic N) is 2. The van der Waals surface area contributed by atoms with Gasteiger partial charge in [0, 0.05) is 23.5 Å². The Hall–Kier alpha value is -2.08. The summed E-state index contributed by atoms with van der Waals surface area (Å²) in [7, 11) is 0. The van der Waals surface area contributed by atoms with Gasteiger partial charge in [-0.25, -0.2) is 4.98 Å². The van der Waals surface area contributed by atoms with Gasteiger partial charge < -0.3 is 10.1 Å². The Kier molecular flexibility index (Phi) is 5.37. The molecule has 0 aliphatic rings. The average molecular weight is 289 g/mol. The fourth-order valence-corrected chi connectivity index (χ4v) is 2.19. The van der Waals surface area contributed by atoms with Gasteiger partial charge in [-0.15, -0.1) is 11.8 Å². The molecule has 2 aromatic rings. The molecule has 2 heterocycles. The van der Waals surface area contributed by atoms with Crippen molar-refractivity contribution in [2.45, 2.75) is 11.8 Å². The predicted molar refractivity (Wildman–Crippen MR) is 79.0 cm³/mol. The minimum Gasteiger partial charge on any atom is -0.476 e. The van der Waals surface area contributed by atoms with Crippen molar-refractivity contribution in [1.82, 2.24) is 9.97 Å². The molecule has 0 aliphatic heterocycles. The topological polar surface area (TPSA) is 64.1 Å². The van der Waals surface area contributed by atoms with Crippen molar-refractivity contribution in [2.75, 3.05) is 17.7 Å². The van der Waals surface area contributed by atoms with Crippen LogP contribution < -0.4 is 10.1 Å². The molecule has 104 valence electrons. The maximum atomic E-state index is 11.9. The van der Waals surface area contributed by atoms with Gasteiger partial charge in [0.25, 0.3) is 0 Å². The maximum Gasteiger partial charge on any atom is 0.237 e. The normalized spacial score (nSPS) is 10.1. The van der Waals surface area contributed by atoms with Crippen LogP contribution in [0.25, 0.3) is 0 Å². The second-order valence-corrected chi connectivity index (χ2v) is 4.86. The molecule has 0 aliphatic carbocycles. The highest BCUT2D eigenvalue weighted by Crippen LogP contribution is 2.22. The van der Waals surface area contributed by atoms with Crippen molar-refractivity contribution in [2.24, 2.45) is 0 Å². The van der Waals surface area contributed by atoms with Crippen LogP contribution in [0.3, 0.4) is 0 Å². The Labute approximate surface area is 121 Å². The molecule has 6 heteroatoms. The van der Waals surface area contributed by atoms with E-state index in [4.69, 9.17) is 4.74 Å². The number of aromatic nitrogens is 2. The third kappa shape index (κ3) is 4.24. The lowest BCUT2D eigenvalue weighted by Crippen LogP contribution is -2.15. The van der Waals surface area contributed by atoms with Gasteiger partial charge in [0.05, 0.1) is 12.4 Å². The van der Waals surface area contributed by atoms with Crippen LogP contribution >= 0.6 is 11.8 Å². The molecule has 1 amide bonds. The van der Waals surface area contributed by atoms with E-state index in [1.54, 1.807) is 30.7 Å². The lowest BCUT2D eigenvalue weighted by molar-refractivity contribution is -0.113. The van der Waals surface area contributed by atoms with Crippen molar-refractivity contribution in [1.29, 1.82) is 0 Å². The Bertz CT molecular complexity index is 563. The van der Waals surface area contributed by atoms with Gasteiger partial charge in [0.2, 0.25) is 11.8 Å². The molecule has 0 aromatic carbocycles. The van der Waals surface area contributed by atoms with Crippen LogP contribution in [-0.4, -0.2) is 28.2 Å². The number of rotatable bonds is 6. The number of carbonyl (C=O) groups excluding carboxylic acids is 1. The number of anilines is 1. The molecular formula is C14H15N3O2S. The zero-order chi connectivity index (χ0) is 14.2. The first-order chi connectivity index (χ1) is 9.79. The number of hydrogen-bond donors (Lipinski definition) is 1. The minimum absolute atomic E-state index is 0.0965. The second-order valence-electron chi connectivity index (χ2n) is 3.81. The largest absolute Gasteiger partial charge is 0.476 e. The van der Waals surface area contributed by atoms with Gasteiger partial charge in [-0.1, -0.05) is 0 Å². The van der Waals surface area contributed by atoms with Crippen LogP contribution in [0.5, 0.6) is 5.88 Å². The van der Waals surface area contributed by atoms with Crippen LogP contribution in [0.15, 0.2) is 47.8 Å². The molecule has 1 N–H and O–H groups in total. The van der Waals surface area contributed by atoms with E-state index in [0.717, 1.165) is 4.90 Å². The van der Waals surface area contributed by atoms with Crippen LogP contribution in [0.2, 0.25) is 0 Å². The summed E-state index contributed by atoms with van der Waals surface area (Å²) in [5.41, 5.74) is 0.592. The van der Waals surface area contributed by atoms with E-state index in [1.807, 2.05) is 19.1 Å². The first-order valence-electron chi connectivity index (χ1n) is 6.20. The Morgan fingerprint density at radius 2 is 2.10 bits per heavy atom. The number of ether oxygens (including phenoxy) is 1. The number of thioether (sulfide) groups is 1. The monoisotopic (exact) mass is 289 g/mol. The summed E-state index contributed by atoms with van der Waals surface area (Å²) >= 11 is 1.45. The SMILES string of the molecule is CCOc1ncccc1NC(=O)CSc1ccncc1. The zero-order valence-corrected chi connectivity index (χ0v) is 11.9. The van der Waals surface area contributed by atoms with Crippen LogP contribution in [0, 0.1) is 0 Å². The number of carbonyl (C=O) groups is 1. The molecule has 0 spiro atoms. The molecule has 0 atom stereocenters. The van der Waals surface area contributed by atoms with Crippen LogP contribution in [-0.2, 0) is 4.79 Å². The molecule has 0 fully saturated rings. The van der Waals surface area contributed by atoms with Gasteiger partial charge in [0.1, 0.15) is 5.69 Å². The smallest absolute Gasteiger partial charge is 0.237 e. The van der Waals surface area contributed by atoms with E-state index in [9.17, 15) is 4.79 Å². The summed E-state index contributed by atoms with van der Waals surface area (Å²) in [6, 6.07) is 7.27. The van der Waals surface area contributed by atoms with Crippen LogP contribution in [0.1, 0.15) is 6.92 Å². The number of amides is 1. The molecule has 0 radical (unpaired) electrons. The Balaban J connectivity index is 1.91. The third-order valence-corrected chi connectivity index (χ3v) is 3.36. The molecule has 0 unspecified atom stereocenters. The molecule has 2 aromatic heterocycles. The summed E-state index contributed by atoms with van der Waals surface area (Å²) in [5.74, 6) is 0.669. The van der Waals surface area contributed by atoms with Gasteiger partial charge >= 0.3 is 0 Å². The molecular weight excluding hydrogens is 274 g/mol. The molecule has 0 saturated carbocycles. The van der Waals surface area contributed by atoms with Gasteiger partial charge in [-0.05, 0) is 31.2 Å². The lowest BCUT2D eigenvalue weighted by atomic mass is 10.4. The van der Waals surface area contributed by atoms with E-state index in [-0.39, 0.29) is 5.91 Å². The quantitative estimate of drug-likeness (QED) is 0.828. The van der Waals surface area contributed by atoms with Crippen molar-refractivity contribution >= 4 is 23.4 Å². The lowest BCUT2D eigenvalue weighted by Gasteiger charge is -2.09. The number of pyridine rings is 2. The summed E-state index contributed by atoms with van der Waals surface area (Å²) < 4.78 is 5.36. The van der Waals surface area contributed by atoms with Crippen LogP contribution in [0.4, 0.5) is 5.69 Å². The van der Waals surface area contributed by atoms with E-state index >= 15 is 0 Å². The predicted octanol–water partition coefficient (Wildman–Crippen LogP) is 2.61. The number of nitrogens with one attached hydrogen (secondary N) is 1. The fourth-order valence-electron chi connectivity index (χ4n) is 1.51.